The number of nitrogens with one attached hydrogen (secondary N) is 1. The van der Waals surface area contributed by atoms with Crippen LogP contribution in [0.1, 0.15) is 17.5 Å². The van der Waals surface area contributed by atoms with Crippen LogP contribution in [-0.4, -0.2) is 13.7 Å². The monoisotopic (exact) mass is 347 g/mol. The van der Waals surface area contributed by atoms with E-state index in [4.69, 9.17) is 9.47 Å². The average molecular weight is 347 g/mol. The van der Waals surface area contributed by atoms with E-state index in [-0.39, 0.29) is 0 Å². The molecule has 3 rings (SSSR count). The molecule has 26 heavy (non-hydrogen) atoms. The van der Waals surface area contributed by atoms with Crippen molar-refractivity contribution in [3.63, 3.8) is 0 Å². The van der Waals surface area contributed by atoms with Gasteiger partial charge < -0.3 is 14.8 Å². The van der Waals surface area contributed by atoms with Gasteiger partial charge in [0.05, 0.1) is 13.7 Å². The van der Waals surface area contributed by atoms with Gasteiger partial charge in [0.25, 0.3) is 0 Å². The third-order valence-corrected chi connectivity index (χ3v) is 4.23. The minimum atomic E-state index is 0.710. The van der Waals surface area contributed by atoms with E-state index < -0.39 is 0 Å². The molecule has 0 bridgehead atoms. The first-order valence-electron chi connectivity index (χ1n) is 8.98. The summed E-state index contributed by atoms with van der Waals surface area (Å²) in [6, 6.07) is 26.6. The Labute approximate surface area is 155 Å². The lowest BCUT2D eigenvalue weighted by Gasteiger charge is -2.12. The van der Waals surface area contributed by atoms with Crippen LogP contribution in [-0.2, 0) is 13.0 Å². The lowest BCUT2D eigenvalue weighted by atomic mass is 10.1. The van der Waals surface area contributed by atoms with Crippen LogP contribution >= 0.6 is 0 Å². The molecule has 134 valence electrons. The molecular formula is C23H25NO2. The van der Waals surface area contributed by atoms with E-state index in [1.54, 1.807) is 7.11 Å². The number of para-hydroxylation sites is 1. The van der Waals surface area contributed by atoms with E-state index >= 15 is 0 Å². The molecule has 0 radical (unpaired) electrons. The van der Waals surface area contributed by atoms with Gasteiger partial charge in [-0.2, -0.15) is 0 Å². The van der Waals surface area contributed by atoms with Crippen LogP contribution in [0, 0.1) is 0 Å². The van der Waals surface area contributed by atoms with Crippen LogP contribution in [0.25, 0.3) is 0 Å². The molecule has 0 unspecified atom stereocenters. The third-order valence-electron chi connectivity index (χ3n) is 4.23. The second-order valence-electron chi connectivity index (χ2n) is 6.13. The minimum absolute atomic E-state index is 0.710. The highest BCUT2D eigenvalue weighted by Crippen LogP contribution is 2.21. The van der Waals surface area contributed by atoms with Crippen LogP contribution in [0.4, 0.5) is 5.69 Å². The van der Waals surface area contributed by atoms with Gasteiger partial charge in [-0.15, -0.1) is 0 Å². The quantitative estimate of drug-likeness (QED) is 0.532. The molecule has 1 N–H and O–H groups in total. The van der Waals surface area contributed by atoms with E-state index in [1.165, 1.54) is 5.56 Å². The number of hydrogen-bond donors (Lipinski definition) is 1. The van der Waals surface area contributed by atoms with E-state index in [0.717, 1.165) is 35.6 Å². The Kier molecular flexibility index (Phi) is 6.54. The van der Waals surface area contributed by atoms with Crippen molar-refractivity contribution in [2.75, 3.05) is 19.0 Å². The molecule has 0 saturated carbocycles. The summed E-state index contributed by atoms with van der Waals surface area (Å²) in [6.07, 6.45) is 2.04. The maximum atomic E-state index is 5.90. The zero-order valence-electron chi connectivity index (χ0n) is 15.2. The predicted octanol–water partition coefficient (Wildman–Crippen LogP) is 5.32. The van der Waals surface area contributed by atoms with Crippen LogP contribution < -0.4 is 14.8 Å². The number of ether oxygens (including phenoxy) is 2. The van der Waals surface area contributed by atoms with Gasteiger partial charge in [-0.05, 0) is 36.6 Å². The Morgan fingerprint density at radius 3 is 2.50 bits per heavy atom. The standard InChI is InChI=1S/C23H25NO2/c1-25-23-15-6-5-12-20(23)18-24-21-13-7-14-22(17-21)26-16-8-11-19-9-3-2-4-10-19/h2-7,9-10,12-15,17,24H,8,11,16,18H2,1H3. The van der Waals surface area contributed by atoms with Gasteiger partial charge in [-0.1, -0.05) is 54.6 Å². The van der Waals surface area contributed by atoms with E-state index in [9.17, 15) is 0 Å². The zero-order valence-corrected chi connectivity index (χ0v) is 15.2. The van der Waals surface area contributed by atoms with Crippen molar-refractivity contribution in [2.45, 2.75) is 19.4 Å². The van der Waals surface area contributed by atoms with Gasteiger partial charge >= 0.3 is 0 Å². The van der Waals surface area contributed by atoms with Gasteiger partial charge in [0, 0.05) is 23.9 Å². The molecule has 0 atom stereocenters. The van der Waals surface area contributed by atoms with E-state index in [2.05, 4.69) is 35.6 Å². The predicted molar refractivity (Wildman–Crippen MR) is 107 cm³/mol. The first-order chi connectivity index (χ1) is 12.8. The smallest absolute Gasteiger partial charge is 0.123 e. The van der Waals surface area contributed by atoms with E-state index in [1.807, 2.05) is 48.5 Å². The zero-order chi connectivity index (χ0) is 18.0. The molecule has 0 saturated heterocycles. The molecule has 0 fully saturated rings. The Hall–Kier alpha value is -2.94. The molecule has 3 nitrogen and oxygen atoms in total. The second kappa shape index (κ2) is 9.52. The third kappa shape index (κ3) is 5.28. The fourth-order valence-electron chi connectivity index (χ4n) is 2.85. The fourth-order valence-corrected chi connectivity index (χ4v) is 2.85. The highest BCUT2D eigenvalue weighted by Gasteiger charge is 2.02. The van der Waals surface area contributed by atoms with Gasteiger partial charge in [-0.25, -0.2) is 0 Å². The molecule has 0 aliphatic heterocycles. The van der Waals surface area contributed by atoms with Gasteiger partial charge in [0.1, 0.15) is 11.5 Å². The first-order valence-corrected chi connectivity index (χ1v) is 8.98. The molecule has 0 heterocycles. The summed E-state index contributed by atoms with van der Waals surface area (Å²) < 4.78 is 11.3. The lowest BCUT2D eigenvalue weighted by Crippen LogP contribution is -2.03. The average Bonchev–Trinajstić information content (AvgIpc) is 2.71. The summed E-state index contributed by atoms with van der Waals surface area (Å²) in [6.45, 7) is 1.42. The maximum absolute atomic E-state index is 5.90. The summed E-state index contributed by atoms with van der Waals surface area (Å²) in [5, 5.41) is 3.43. The summed E-state index contributed by atoms with van der Waals surface area (Å²) in [5.41, 5.74) is 3.52. The molecule has 0 aliphatic carbocycles. The number of benzene rings is 3. The largest absolute Gasteiger partial charge is 0.496 e. The first kappa shape index (κ1) is 17.9. The Morgan fingerprint density at radius 1 is 0.846 bits per heavy atom. The molecule has 0 amide bonds. The van der Waals surface area contributed by atoms with Crippen molar-refractivity contribution in [2.24, 2.45) is 0 Å². The van der Waals surface area contributed by atoms with Crippen molar-refractivity contribution >= 4 is 5.69 Å². The summed E-state index contributed by atoms with van der Waals surface area (Å²) in [7, 11) is 1.70. The number of aryl methyl sites for hydroxylation is 1. The summed E-state index contributed by atoms with van der Waals surface area (Å²) in [5.74, 6) is 1.79. The Balaban J connectivity index is 1.48. The normalized spacial score (nSPS) is 10.3. The SMILES string of the molecule is COc1ccccc1CNc1cccc(OCCCc2ccccc2)c1. The second-order valence-corrected chi connectivity index (χ2v) is 6.13. The molecule has 3 heteroatoms. The van der Waals surface area contributed by atoms with Gasteiger partial charge in [0.15, 0.2) is 0 Å². The molecule has 0 aliphatic rings. The molecule has 3 aromatic carbocycles. The van der Waals surface area contributed by atoms with Crippen LogP contribution in [0.15, 0.2) is 78.9 Å². The van der Waals surface area contributed by atoms with Crippen molar-refractivity contribution in [3.05, 3.63) is 90.0 Å². The van der Waals surface area contributed by atoms with Crippen LogP contribution in [0.3, 0.4) is 0 Å². The maximum Gasteiger partial charge on any atom is 0.123 e. The molecule has 3 aromatic rings. The minimum Gasteiger partial charge on any atom is -0.496 e. The molecule has 0 spiro atoms. The highest BCUT2D eigenvalue weighted by atomic mass is 16.5. The Bertz CT molecular complexity index is 802. The Morgan fingerprint density at radius 2 is 1.65 bits per heavy atom. The topological polar surface area (TPSA) is 30.5 Å². The van der Waals surface area contributed by atoms with E-state index in [0.29, 0.717) is 13.2 Å². The molecule has 0 aromatic heterocycles. The summed E-state index contributed by atoms with van der Waals surface area (Å²) in [4.78, 5) is 0. The van der Waals surface area contributed by atoms with Crippen molar-refractivity contribution in [3.8, 4) is 11.5 Å². The lowest BCUT2D eigenvalue weighted by molar-refractivity contribution is 0.311. The fraction of sp³-hybridized carbons (Fsp3) is 0.217. The van der Waals surface area contributed by atoms with Crippen molar-refractivity contribution in [1.29, 1.82) is 0 Å². The van der Waals surface area contributed by atoms with Gasteiger partial charge in [0.2, 0.25) is 0 Å². The van der Waals surface area contributed by atoms with Gasteiger partial charge in [-0.3, -0.25) is 0 Å². The number of anilines is 1. The highest BCUT2D eigenvalue weighted by molar-refractivity contribution is 5.49. The van der Waals surface area contributed by atoms with Crippen LogP contribution in [0.2, 0.25) is 0 Å². The van der Waals surface area contributed by atoms with Crippen molar-refractivity contribution in [1.82, 2.24) is 0 Å². The number of rotatable bonds is 9. The number of methoxy groups -OCH3 is 1. The summed E-state index contributed by atoms with van der Waals surface area (Å²) >= 11 is 0. The molecular weight excluding hydrogens is 322 g/mol. The van der Waals surface area contributed by atoms with Crippen LogP contribution in [0.5, 0.6) is 11.5 Å². The van der Waals surface area contributed by atoms with Crippen molar-refractivity contribution < 1.29 is 9.47 Å². The number of hydrogen-bond acceptors (Lipinski definition) is 3.